The monoisotopic (exact) mass is 421 g/mol. The maximum absolute atomic E-state index is 5.48. The molecule has 0 aliphatic carbocycles. The number of rotatable bonds is 4. The van der Waals surface area contributed by atoms with Gasteiger partial charge >= 0.3 is 0 Å². The molecule has 154 valence electrons. The number of piperazine rings is 1. The second kappa shape index (κ2) is 7.62. The molecule has 1 aromatic carbocycles. The Hall–Kier alpha value is -3.11. The number of fused-ring (bicyclic) bond motifs is 1. The van der Waals surface area contributed by atoms with Crippen LogP contribution in [0.15, 0.2) is 36.8 Å². The van der Waals surface area contributed by atoms with E-state index in [0.29, 0.717) is 11.4 Å². The highest BCUT2D eigenvalue weighted by Crippen LogP contribution is 2.23. The predicted molar refractivity (Wildman–Crippen MR) is 118 cm³/mol. The van der Waals surface area contributed by atoms with Crippen LogP contribution in [0, 0.1) is 11.7 Å². The second-order valence-corrected chi connectivity index (χ2v) is 7.96. The summed E-state index contributed by atoms with van der Waals surface area (Å²) in [4.78, 5) is 18.0. The molecule has 0 radical (unpaired) electrons. The Labute approximate surface area is 179 Å². The molecule has 1 fully saturated rings. The molecule has 1 N–H and O–H groups in total. The topological polar surface area (TPSA) is 83.7 Å². The Morgan fingerprint density at radius 3 is 2.60 bits per heavy atom. The van der Waals surface area contributed by atoms with Gasteiger partial charge in [-0.2, -0.15) is 10.1 Å². The molecule has 30 heavy (non-hydrogen) atoms. The molecule has 5 rings (SSSR count). The molecule has 4 heterocycles. The number of aryl methyl sites for hydroxylation is 2. The summed E-state index contributed by atoms with van der Waals surface area (Å²) in [5.74, 6) is 1.76. The molecule has 0 bridgehead atoms. The van der Waals surface area contributed by atoms with Gasteiger partial charge in [0.15, 0.2) is 11.5 Å². The van der Waals surface area contributed by atoms with Gasteiger partial charge in [-0.3, -0.25) is 14.7 Å². The van der Waals surface area contributed by atoms with Gasteiger partial charge < -0.3 is 4.90 Å². The van der Waals surface area contributed by atoms with Crippen LogP contribution in [0.5, 0.6) is 0 Å². The molecule has 1 saturated heterocycles. The summed E-state index contributed by atoms with van der Waals surface area (Å²) in [6.07, 6.45) is 3.45. The number of anilines is 1. The van der Waals surface area contributed by atoms with Crippen LogP contribution >= 0.6 is 12.2 Å². The molecular weight excluding hydrogens is 398 g/mol. The molecule has 0 amide bonds. The zero-order valence-electron chi connectivity index (χ0n) is 17.0. The Morgan fingerprint density at radius 1 is 1.07 bits per heavy atom. The first-order chi connectivity index (χ1) is 14.6. The molecule has 10 heteroatoms. The lowest BCUT2D eigenvalue weighted by Crippen LogP contribution is -2.47. The fourth-order valence-corrected chi connectivity index (χ4v) is 3.99. The maximum Gasteiger partial charge on any atom is 0.217 e. The summed E-state index contributed by atoms with van der Waals surface area (Å²) in [6.45, 7) is 6.35. The minimum absolute atomic E-state index is 0.570. The largest absolute Gasteiger partial charge is 0.353 e. The van der Waals surface area contributed by atoms with Crippen molar-refractivity contribution in [2.24, 2.45) is 7.05 Å². The van der Waals surface area contributed by atoms with Crippen molar-refractivity contribution in [1.29, 1.82) is 0 Å². The molecule has 0 saturated carbocycles. The van der Waals surface area contributed by atoms with Crippen molar-refractivity contribution >= 4 is 29.1 Å². The Bertz CT molecular complexity index is 1230. The lowest BCUT2D eigenvalue weighted by molar-refractivity contribution is 0.194. The number of nitrogens with zero attached hydrogens (tertiary/aromatic N) is 8. The SMILES string of the molecule is Cc1ccc(-c2nc(=S)n(CN3CCN(c4ncnc5c4cnn5C)CC3)[nH]2)cc1. The van der Waals surface area contributed by atoms with Crippen LogP contribution in [0.2, 0.25) is 0 Å². The minimum Gasteiger partial charge on any atom is -0.353 e. The number of hydrogen-bond donors (Lipinski definition) is 1. The van der Waals surface area contributed by atoms with Crippen molar-refractivity contribution in [2.75, 3.05) is 31.1 Å². The van der Waals surface area contributed by atoms with Crippen LogP contribution in [-0.4, -0.2) is 65.6 Å². The van der Waals surface area contributed by atoms with E-state index in [-0.39, 0.29) is 0 Å². The van der Waals surface area contributed by atoms with Gasteiger partial charge in [-0.1, -0.05) is 29.8 Å². The summed E-state index contributed by atoms with van der Waals surface area (Å²) in [7, 11) is 1.90. The fraction of sp³-hybridized carbons (Fsp3) is 0.350. The standard InChI is InChI=1S/C20H23N9S/c1-14-3-5-15(6-4-14)17-24-20(30)29(25-17)13-27-7-9-28(10-8-27)19-16-11-23-26(2)18(16)21-12-22-19/h3-6,11-12H,7-10,13H2,1-2H3,(H,24,25,30). The van der Waals surface area contributed by atoms with E-state index in [1.807, 2.05) is 17.9 Å². The Balaban J connectivity index is 1.27. The lowest BCUT2D eigenvalue weighted by atomic mass is 10.1. The van der Waals surface area contributed by atoms with Crippen molar-refractivity contribution in [1.82, 2.24) is 39.4 Å². The molecule has 1 aliphatic rings. The number of aromatic amines is 1. The first kappa shape index (κ1) is 18.9. The van der Waals surface area contributed by atoms with Crippen LogP contribution in [0.25, 0.3) is 22.4 Å². The quantitative estimate of drug-likeness (QED) is 0.507. The van der Waals surface area contributed by atoms with Gasteiger partial charge in [0, 0.05) is 38.8 Å². The molecular formula is C20H23N9S. The van der Waals surface area contributed by atoms with Gasteiger partial charge in [0.1, 0.15) is 12.1 Å². The smallest absolute Gasteiger partial charge is 0.217 e. The first-order valence-electron chi connectivity index (χ1n) is 9.92. The van der Waals surface area contributed by atoms with E-state index in [4.69, 9.17) is 12.2 Å². The molecule has 0 atom stereocenters. The molecule has 9 nitrogen and oxygen atoms in total. The third-order valence-corrected chi connectivity index (χ3v) is 5.84. The van der Waals surface area contributed by atoms with Gasteiger partial charge in [0.2, 0.25) is 4.77 Å². The zero-order chi connectivity index (χ0) is 20.7. The zero-order valence-corrected chi connectivity index (χ0v) is 17.8. The van der Waals surface area contributed by atoms with Crippen LogP contribution in [0.1, 0.15) is 5.56 Å². The van der Waals surface area contributed by atoms with E-state index >= 15 is 0 Å². The van der Waals surface area contributed by atoms with E-state index in [2.05, 4.69) is 66.1 Å². The summed E-state index contributed by atoms with van der Waals surface area (Å²) in [5, 5.41) is 8.66. The van der Waals surface area contributed by atoms with E-state index in [9.17, 15) is 0 Å². The third kappa shape index (κ3) is 3.48. The van der Waals surface area contributed by atoms with Gasteiger partial charge in [-0.25, -0.2) is 14.6 Å². The van der Waals surface area contributed by atoms with Gasteiger partial charge in [0.05, 0.1) is 18.3 Å². The minimum atomic E-state index is 0.570. The summed E-state index contributed by atoms with van der Waals surface area (Å²) >= 11 is 5.48. The van der Waals surface area contributed by atoms with Crippen molar-refractivity contribution in [2.45, 2.75) is 13.6 Å². The first-order valence-corrected chi connectivity index (χ1v) is 10.3. The number of aromatic nitrogens is 7. The molecule has 0 spiro atoms. The number of hydrogen-bond acceptors (Lipinski definition) is 7. The average Bonchev–Trinajstić information content (AvgIpc) is 3.32. The Kier molecular flexibility index (Phi) is 4.80. The number of nitrogens with one attached hydrogen (secondary N) is 1. The third-order valence-electron chi connectivity index (χ3n) is 5.53. The van der Waals surface area contributed by atoms with Gasteiger partial charge in [-0.05, 0) is 19.1 Å². The van der Waals surface area contributed by atoms with E-state index in [1.165, 1.54) is 5.56 Å². The summed E-state index contributed by atoms with van der Waals surface area (Å²) < 4.78 is 4.29. The summed E-state index contributed by atoms with van der Waals surface area (Å²) in [6, 6.07) is 8.29. The van der Waals surface area contributed by atoms with Crippen LogP contribution in [0.3, 0.4) is 0 Å². The lowest BCUT2D eigenvalue weighted by Gasteiger charge is -2.35. The van der Waals surface area contributed by atoms with Gasteiger partial charge in [-0.15, -0.1) is 0 Å². The van der Waals surface area contributed by atoms with Crippen molar-refractivity contribution < 1.29 is 0 Å². The van der Waals surface area contributed by atoms with E-state index in [1.54, 1.807) is 11.0 Å². The molecule has 3 aromatic heterocycles. The molecule has 0 unspecified atom stereocenters. The highest BCUT2D eigenvalue weighted by atomic mass is 32.1. The summed E-state index contributed by atoms with van der Waals surface area (Å²) in [5.41, 5.74) is 3.12. The number of H-pyrrole nitrogens is 1. The van der Waals surface area contributed by atoms with Gasteiger partial charge in [0.25, 0.3) is 0 Å². The van der Waals surface area contributed by atoms with Crippen LogP contribution in [0.4, 0.5) is 5.82 Å². The Morgan fingerprint density at radius 2 is 1.83 bits per heavy atom. The molecule has 4 aromatic rings. The predicted octanol–water partition coefficient (Wildman–Crippen LogP) is 2.37. The second-order valence-electron chi connectivity index (χ2n) is 7.60. The van der Waals surface area contributed by atoms with E-state index in [0.717, 1.165) is 54.4 Å². The normalized spacial score (nSPS) is 15.2. The molecule has 1 aliphatic heterocycles. The average molecular weight is 422 g/mol. The van der Waals surface area contributed by atoms with Crippen LogP contribution in [-0.2, 0) is 13.7 Å². The van der Waals surface area contributed by atoms with Crippen molar-refractivity contribution in [3.8, 4) is 11.4 Å². The van der Waals surface area contributed by atoms with Crippen molar-refractivity contribution in [3.05, 3.63) is 47.1 Å². The van der Waals surface area contributed by atoms with Crippen molar-refractivity contribution in [3.63, 3.8) is 0 Å². The van der Waals surface area contributed by atoms with Crippen LogP contribution < -0.4 is 4.90 Å². The highest BCUT2D eigenvalue weighted by Gasteiger charge is 2.21. The van der Waals surface area contributed by atoms with E-state index < -0.39 is 0 Å². The maximum atomic E-state index is 5.48. The number of benzene rings is 1. The highest BCUT2D eigenvalue weighted by molar-refractivity contribution is 7.71. The fourth-order valence-electron chi connectivity index (χ4n) is 3.80.